The lowest BCUT2D eigenvalue weighted by Crippen LogP contribution is -2.37. The van der Waals surface area contributed by atoms with Crippen LogP contribution >= 0.6 is 0 Å². The summed E-state index contributed by atoms with van der Waals surface area (Å²) in [6, 6.07) is 22.8. The molecule has 0 aliphatic carbocycles. The smallest absolute Gasteiger partial charge is 0.108 e. The van der Waals surface area contributed by atoms with E-state index >= 15 is 0 Å². The zero-order chi connectivity index (χ0) is 24.7. The second-order valence-electron chi connectivity index (χ2n) is 11.0. The minimum Gasteiger partial charge on any atom is -0.318 e. The van der Waals surface area contributed by atoms with Gasteiger partial charge in [-0.1, -0.05) is 104 Å². The third kappa shape index (κ3) is 4.02. The third-order valence-electron chi connectivity index (χ3n) is 7.31. The molecule has 4 rings (SSSR count). The third-order valence-corrected chi connectivity index (χ3v) is 7.31. The lowest BCUT2D eigenvalue weighted by Gasteiger charge is -2.36. The molecule has 3 aromatic rings. The van der Waals surface area contributed by atoms with Crippen molar-refractivity contribution in [3.63, 3.8) is 0 Å². The van der Waals surface area contributed by atoms with Crippen molar-refractivity contribution in [1.29, 1.82) is 0 Å². The van der Waals surface area contributed by atoms with Gasteiger partial charge >= 0.3 is 0 Å². The molecule has 0 fully saturated rings. The molecule has 180 valence electrons. The molecular formula is C32H42N2. The van der Waals surface area contributed by atoms with Crippen molar-refractivity contribution in [3.8, 4) is 0 Å². The topological polar surface area (TPSA) is 6.48 Å². The quantitative estimate of drug-likeness (QED) is 0.365. The van der Waals surface area contributed by atoms with E-state index in [1.54, 1.807) is 0 Å². The van der Waals surface area contributed by atoms with Crippen molar-refractivity contribution in [3.05, 3.63) is 82.9 Å². The fourth-order valence-corrected chi connectivity index (χ4v) is 5.58. The number of hydrogen-bond acceptors (Lipinski definition) is 2. The van der Waals surface area contributed by atoms with Crippen LogP contribution in [0, 0.1) is 0 Å². The molecule has 0 N–H and O–H groups in total. The Hall–Kier alpha value is -2.74. The van der Waals surface area contributed by atoms with Gasteiger partial charge in [0.2, 0.25) is 0 Å². The normalized spacial score (nSPS) is 14.3. The summed E-state index contributed by atoms with van der Waals surface area (Å²) in [5, 5.41) is 0. The van der Waals surface area contributed by atoms with E-state index in [9.17, 15) is 0 Å². The Morgan fingerprint density at radius 1 is 0.471 bits per heavy atom. The number of rotatable bonds is 6. The Labute approximate surface area is 207 Å². The Morgan fingerprint density at radius 3 is 1.03 bits per heavy atom. The molecule has 0 bridgehead atoms. The Balaban J connectivity index is 2.02. The molecule has 0 saturated carbocycles. The maximum absolute atomic E-state index is 2.61. The van der Waals surface area contributed by atoms with Crippen LogP contribution in [0.5, 0.6) is 0 Å². The maximum Gasteiger partial charge on any atom is 0.108 e. The summed E-state index contributed by atoms with van der Waals surface area (Å²) in [6.45, 7) is 20.9. The van der Waals surface area contributed by atoms with Gasteiger partial charge in [-0.15, -0.1) is 0 Å². The van der Waals surface area contributed by atoms with E-state index in [4.69, 9.17) is 0 Å². The lowest BCUT2D eigenvalue weighted by molar-refractivity contribution is 0.721. The minimum absolute atomic E-state index is 0.173. The van der Waals surface area contributed by atoms with E-state index in [1.807, 2.05) is 0 Å². The number of anilines is 4. The summed E-state index contributed by atoms with van der Waals surface area (Å²) >= 11 is 0. The molecule has 2 heteroatoms. The number of para-hydroxylation sites is 4. The summed E-state index contributed by atoms with van der Waals surface area (Å²) in [4.78, 5) is 5.22. The van der Waals surface area contributed by atoms with E-state index in [2.05, 4.69) is 133 Å². The molecule has 0 spiro atoms. The van der Waals surface area contributed by atoms with Crippen LogP contribution < -0.4 is 9.80 Å². The number of benzene rings is 3. The van der Waals surface area contributed by atoms with E-state index in [-0.39, 0.29) is 6.17 Å². The Bertz CT molecular complexity index is 1010. The highest BCUT2D eigenvalue weighted by Crippen LogP contribution is 2.53. The van der Waals surface area contributed by atoms with Crippen LogP contribution in [-0.2, 0) is 0 Å². The summed E-state index contributed by atoms with van der Waals surface area (Å²) in [5.74, 6) is 1.82. The first-order valence-corrected chi connectivity index (χ1v) is 13.1. The second-order valence-corrected chi connectivity index (χ2v) is 11.0. The highest BCUT2D eigenvalue weighted by Gasteiger charge is 2.39. The molecule has 1 aliphatic rings. The van der Waals surface area contributed by atoms with Crippen molar-refractivity contribution >= 4 is 22.7 Å². The van der Waals surface area contributed by atoms with Gasteiger partial charge in [-0.05, 0) is 65.0 Å². The standard InChI is InChI=1S/C32H42N2/c1-20(2)25-14-12-15-26(21(3)4)31(25)33-24(9)34(30-19-11-10-18-29(30)33)32-27(22(5)6)16-13-17-28(32)23(7)8/h10-24H,1-9H3. The van der Waals surface area contributed by atoms with Crippen molar-refractivity contribution in [2.45, 2.75) is 92.2 Å². The van der Waals surface area contributed by atoms with Gasteiger partial charge in [0.15, 0.2) is 0 Å². The zero-order valence-electron chi connectivity index (χ0n) is 22.6. The van der Waals surface area contributed by atoms with Crippen LogP contribution in [0.2, 0.25) is 0 Å². The Kier molecular flexibility index (Phi) is 6.80. The molecule has 0 radical (unpaired) electrons. The zero-order valence-corrected chi connectivity index (χ0v) is 22.6. The maximum atomic E-state index is 2.61. The lowest BCUT2D eigenvalue weighted by atomic mass is 9.91. The predicted octanol–water partition coefficient (Wildman–Crippen LogP) is 9.82. The summed E-state index contributed by atoms with van der Waals surface area (Å²) in [7, 11) is 0. The predicted molar refractivity (Wildman–Crippen MR) is 149 cm³/mol. The fourth-order valence-electron chi connectivity index (χ4n) is 5.58. The molecule has 3 aromatic carbocycles. The highest BCUT2D eigenvalue weighted by molar-refractivity contribution is 5.91. The average Bonchev–Trinajstić information content (AvgIpc) is 3.08. The van der Waals surface area contributed by atoms with Gasteiger partial charge in [-0.25, -0.2) is 0 Å². The first kappa shape index (κ1) is 24.4. The molecule has 0 saturated heterocycles. The number of hydrogen-bond donors (Lipinski definition) is 0. The number of nitrogens with zero attached hydrogens (tertiary/aromatic N) is 2. The van der Waals surface area contributed by atoms with Crippen LogP contribution in [0.15, 0.2) is 60.7 Å². The first-order valence-electron chi connectivity index (χ1n) is 13.1. The number of fused-ring (bicyclic) bond motifs is 1. The van der Waals surface area contributed by atoms with Gasteiger partial charge in [0.05, 0.1) is 22.7 Å². The molecule has 0 amide bonds. The molecule has 1 heterocycles. The SMILES string of the molecule is CC(C)c1cccc(C(C)C)c1N1c2ccccc2N(c2c(C(C)C)cccc2C(C)C)C1C. The average molecular weight is 455 g/mol. The van der Waals surface area contributed by atoms with Crippen molar-refractivity contribution in [2.75, 3.05) is 9.80 Å². The Morgan fingerprint density at radius 2 is 0.765 bits per heavy atom. The van der Waals surface area contributed by atoms with Crippen molar-refractivity contribution < 1.29 is 0 Å². The summed E-state index contributed by atoms with van der Waals surface area (Å²) < 4.78 is 0. The molecule has 0 unspecified atom stereocenters. The van der Waals surface area contributed by atoms with Crippen molar-refractivity contribution in [1.82, 2.24) is 0 Å². The molecular weight excluding hydrogens is 412 g/mol. The molecule has 2 nitrogen and oxygen atoms in total. The minimum atomic E-state index is 0.173. The molecule has 0 atom stereocenters. The van der Waals surface area contributed by atoms with Gasteiger partial charge in [0.1, 0.15) is 6.17 Å². The van der Waals surface area contributed by atoms with Crippen molar-refractivity contribution in [2.24, 2.45) is 0 Å². The molecule has 1 aliphatic heterocycles. The van der Waals surface area contributed by atoms with E-state index in [1.165, 1.54) is 45.0 Å². The summed E-state index contributed by atoms with van der Waals surface area (Å²) in [6.07, 6.45) is 0.173. The van der Waals surface area contributed by atoms with Gasteiger partial charge in [-0.3, -0.25) is 0 Å². The fraction of sp³-hybridized carbons (Fsp3) is 0.438. The molecule has 0 aromatic heterocycles. The van der Waals surface area contributed by atoms with E-state index in [0.29, 0.717) is 23.7 Å². The van der Waals surface area contributed by atoms with Crippen LogP contribution in [0.1, 0.15) is 108 Å². The second kappa shape index (κ2) is 9.49. The monoisotopic (exact) mass is 454 g/mol. The van der Waals surface area contributed by atoms with Gasteiger partial charge in [0.25, 0.3) is 0 Å². The highest BCUT2D eigenvalue weighted by atomic mass is 15.4. The van der Waals surface area contributed by atoms with E-state index < -0.39 is 0 Å². The van der Waals surface area contributed by atoms with Gasteiger partial charge in [0, 0.05) is 0 Å². The largest absolute Gasteiger partial charge is 0.318 e. The first-order chi connectivity index (χ1) is 16.1. The van der Waals surface area contributed by atoms with Crippen LogP contribution in [0.25, 0.3) is 0 Å². The van der Waals surface area contributed by atoms with Crippen LogP contribution in [-0.4, -0.2) is 6.17 Å². The van der Waals surface area contributed by atoms with Gasteiger partial charge < -0.3 is 9.80 Å². The van der Waals surface area contributed by atoms with E-state index in [0.717, 1.165) is 0 Å². The van der Waals surface area contributed by atoms with Crippen LogP contribution in [0.3, 0.4) is 0 Å². The van der Waals surface area contributed by atoms with Gasteiger partial charge in [-0.2, -0.15) is 0 Å². The van der Waals surface area contributed by atoms with Crippen LogP contribution in [0.4, 0.5) is 22.7 Å². The molecule has 34 heavy (non-hydrogen) atoms. The summed E-state index contributed by atoms with van der Waals surface area (Å²) in [5.41, 5.74) is 11.1.